The largest absolute Gasteiger partial charge is 0.480 e. The second kappa shape index (κ2) is 5.98. The lowest BCUT2D eigenvalue weighted by molar-refractivity contribution is -0.139. The number of nitrogens with one attached hydrogen (secondary N) is 1. The quantitative estimate of drug-likeness (QED) is 0.721. The Labute approximate surface area is 113 Å². The van der Waals surface area contributed by atoms with Crippen LogP contribution in [0.25, 0.3) is 0 Å². The number of aliphatic hydroxyl groups is 1. The smallest absolute Gasteiger partial charge is 0.321 e. The van der Waals surface area contributed by atoms with Gasteiger partial charge in [-0.3, -0.25) is 4.79 Å². The van der Waals surface area contributed by atoms with E-state index in [4.69, 9.17) is 21.8 Å². The minimum Gasteiger partial charge on any atom is -0.480 e. The number of aliphatic carboxylic acids is 1. The fourth-order valence-corrected chi connectivity index (χ4v) is 4.12. The van der Waals surface area contributed by atoms with Crippen LogP contribution in [0.4, 0.5) is 0 Å². The van der Waals surface area contributed by atoms with E-state index in [1.165, 1.54) is 6.07 Å². The van der Waals surface area contributed by atoms with Gasteiger partial charge in [0.05, 0.1) is 4.34 Å². The number of hydrogen-bond acceptors (Lipinski definition) is 5. The molecule has 102 valence electrons. The van der Waals surface area contributed by atoms with Gasteiger partial charge in [0.15, 0.2) is 0 Å². The zero-order chi connectivity index (χ0) is 13.9. The summed E-state index contributed by atoms with van der Waals surface area (Å²) in [7, 11) is -3.94. The number of aryl methyl sites for hydroxylation is 1. The van der Waals surface area contributed by atoms with Crippen LogP contribution in [0, 0.1) is 6.92 Å². The van der Waals surface area contributed by atoms with Crippen molar-refractivity contribution >= 4 is 38.9 Å². The highest BCUT2D eigenvalue weighted by Crippen LogP contribution is 2.30. The van der Waals surface area contributed by atoms with Crippen molar-refractivity contribution in [1.29, 1.82) is 0 Å². The van der Waals surface area contributed by atoms with Gasteiger partial charge in [-0.1, -0.05) is 11.6 Å². The normalized spacial score (nSPS) is 13.5. The van der Waals surface area contributed by atoms with Crippen molar-refractivity contribution in [1.82, 2.24) is 4.72 Å². The zero-order valence-electron chi connectivity index (χ0n) is 9.38. The lowest BCUT2D eigenvalue weighted by Crippen LogP contribution is -2.41. The molecule has 0 aliphatic heterocycles. The molecule has 6 nitrogen and oxygen atoms in total. The van der Waals surface area contributed by atoms with Crippen LogP contribution in [0.3, 0.4) is 0 Å². The first-order valence-electron chi connectivity index (χ1n) is 4.90. The van der Waals surface area contributed by atoms with E-state index in [1.807, 2.05) is 4.72 Å². The molecule has 0 saturated heterocycles. The van der Waals surface area contributed by atoms with E-state index in [2.05, 4.69) is 0 Å². The van der Waals surface area contributed by atoms with Gasteiger partial charge in [-0.25, -0.2) is 8.42 Å². The topological polar surface area (TPSA) is 104 Å². The van der Waals surface area contributed by atoms with Gasteiger partial charge in [-0.05, 0) is 25.0 Å². The molecule has 1 heterocycles. The van der Waals surface area contributed by atoms with Crippen LogP contribution in [0.15, 0.2) is 10.3 Å². The molecule has 3 N–H and O–H groups in total. The minimum absolute atomic E-state index is 0.0470. The Morgan fingerprint density at radius 3 is 2.61 bits per heavy atom. The molecule has 0 bridgehead atoms. The second-order valence-electron chi connectivity index (χ2n) is 3.55. The van der Waals surface area contributed by atoms with Crippen LogP contribution in [0.2, 0.25) is 4.34 Å². The van der Waals surface area contributed by atoms with Crippen molar-refractivity contribution in [3.8, 4) is 0 Å². The van der Waals surface area contributed by atoms with Gasteiger partial charge in [0.1, 0.15) is 10.3 Å². The fourth-order valence-electron chi connectivity index (χ4n) is 1.17. The molecule has 0 amide bonds. The third-order valence-corrected chi connectivity index (χ3v) is 5.61. The average Bonchev–Trinajstić information content (AvgIpc) is 2.59. The molecule has 0 radical (unpaired) electrons. The molecule has 0 saturated carbocycles. The molecule has 9 heteroatoms. The molecule has 1 aromatic rings. The van der Waals surface area contributed by atoms with E-state index in [-0.39, 0.29) is 10.6 Å². The third-order valence-electron chi connectivity index (χ3n) is 2.11. The molecule has 1 rings (SSSR count). The van der Waals surface area contributed by atoms with Crippen molar-refractivity contribution in [2.45, 2.75) is 23.6 Å². The van der Waals surface area contributed by atoms with E-state index >= 15 is 0 Å². The van der Waals surface area contributed by atoms with Crippen LogP contribution in [0.1, 0.15) is 12.0 Å². The summed E-state index contributed by atoms with van der Waals surface area (Å²) in [6.45, 7) is 1.23. The summed E-state index contributed by atoms with van der Waals surface area (Å²) < 4.78 is 26.1. The Hall–Kier alpha value is -0.670. The van der Waals surface area contributed by atoms with Gasteiger partial charge in [0, 0.05) is 6.61 Å². The molecule has 0 spiro atoms. The van der Waals surface area contributed by atoms with Crippen molar-refractivity contribution < 1.29 is 23.4 Å². The molecule has 1 aromatic heterocycles. The predicted octanol–water partition coefficient (Wildman–Crippen LogP) is 0.824. The fraction of sp³-hybridized carbons (Fsp3) is 0.444. The Morgan fingerprint density at radius 1 is 1.61 bits per heavy atom. The van der Waals surface area contributed by atoms with Crippen LogP contribution in [0.5, 0.6) is 0 Å². The van der Waals surface area contributed by atoms with Crippen molar-refractivity contribution in [3.63, 3.8) is 0 Å². The maximum Gasteiger partial charge on any atom is 0.321 e. The summed E-state index contributed by atoms with van der Waals surface area (Å²) in [4.78, 5) is 10.8. The summed E-state index contributed by atoms with van der Waals surface area (Å²) >= 11 is 6.62. The first kappa shape index (κ1) is 15.4. The number of carboxylic acids is 1. The van der Waals surface area contributed by atoms with Gasteiger partial charge < -0.3 is 10.2 Å². The molecular formula is C9H12ClNO5S2. The third kappa shape index (κ3) is 3.66. The molecule has 18 heavy (non-hydrogen) atoms. The number of rotatable bonds is 6. The number of sulfonamides is 1. The summed E-state index contributed by atoms with van der Waals surface area (Å²) in [6, 6.07) is 0.00823. The highest BCUT2D eigenvalue weighted by atomic mass is 35.5. The highest BCUT2D eigenvalue weighted by molar-refractivity contribution is 7.91. The molecule has 0 unspecified atom stereocenters. The van der Waals surface area contributed by atoms with E-state index in [0.717, 1.165) is 11.3 Å². The SMILES string of the molecule is Cc1cc(S(=O)(=O)N[C@H](CCO)C(=O)O)sc1Cl. The van der Waals surface area contributed by atoms with E-state index in [0.29, 0.717) is 9.90 Å². The van der Waals surface area contributed by atoms with Crippen LogP contribution in [-0.2, 0) is 14.8 Å². The van der Waals surface area contributed by atoms with Crippen molar-refractivity contribution in [3.05, 3.63) is 16.0 Å². The molecule has 0 aromatic carbocycles. The molecule has 1 atom stereocenters. The van der Waals surface area contributed by atoms with Gasteiger partial charge in [0.2, 0.25) is 0 Å². The number of thiophene rings is 1. The van der Waals surface area contributed by atoms with E-state index in [1.54, 1.807) is 6.92 Å². The number of carboxylic acid groups (broad SMARTS) is 1. The highest BCUT2D eigenvalue weighted by Gasteiger charge is 2.26. The lowest BCUT2D eigenvalue weighted by Gasteiger charge is -2.12. The van der Waals surface area contributed by atoms with Crippen LogP contribution >= 0.6 is 22.9 Å². The summed E-state index contributed by atoms with van der Waals surface area (Å²) in [6.07, 6.45) is -0.202. The van der Waals surface area contributed by atoms with Gasteiger partial charge in [-0.2, -0.15) is 4.72 Å². The molecule has 0 aliphatic carbocycles. The average molecular weight is 314 g/mol. The standard InChI is InChI=1S/C9H12ClNO5S2/c1-5-4-7(17-8(5)10)18(15,16)11-6(2-3-12)9(13)14/h4,6,11-12H,2-3H2,1H3,(H,13,14)/t6-/m1/s1. The van der Waals surface area contributed by atoms with Gasteiger partial charge in [0.25, 0.3) is 10.0 Å². The first-order chi connectivity index (χ1) is 8.27. The van der Waals surface area contributed by atoms with Gasteiger partial charge >= 0.3 is 5.97 Å². The van der Waals surface area contributed by atoms with E-state index < -0.39 is 28.6 Å². The predicted molar refractivity (Wildman–Crippen MR) is 67.5 cm³/mol. The first-order valence-corrected chi connectivity index (χ1v) is 7.57. The molecule has 0 fully saturated rings. The summed E-state index contributed by atoms with van der Waals surface area (Å²) in [5.74, 6) is -1.34. The number of aliphatic hydroxyl groups excluding tert-OH is 1. The maximum absolute atomic E-state index is 11.9. The lowest BCUT2D eigenvalue weighted by atomic mass is 10.2. The maximum atomic E-state index is 11.9. The van der Waals surface area contributed by atoms with Crippen LogP contribution < -0.4 is 4.72 Å². The Kier molecular flexibility index (Phi) is 5.11. The van der Waals surface area contributed by atoms with E-state index in [9.17, 15) is 13.2 Å². The monoisotopic (exact) mass is 313 g/mol. The number of carbonyl (C=O) groups is 1. The Bertz CT molecular complexity index is 520. The molecular weight excluding hydrogens is 302 g/mol. The van der Waals surface area contributed by atoms with Crippen LogP contribution in [-0.4, -0.2) is 37.2 Å². The number of halogens is 1. The van der Waals surface area contributed by atoms with Crippen molar-refractivity contribution in [2.24, 2.45) is 0 Å². The second-order valence-corrected chi connectivity index (χ2v) is 7.14. The Morgan fingerprint density at radius 2 is 2.22 bits per heavy atom. The summed E-state index contributed by atoms with van der Waals surface area (Å²) in [5, 5.41) is 17.5. The zero-order valence-corrected chi connectivity index (χ0v) is 11.8. The van der Waals surface area contributed by atoms with Gasteiger partial charge in [-0.15, -0.1) is 11.3 Å². The molecule has 0 aliphatic rings. The van der Waals surface area contributed by atoms with Crippen molar-refractivity contribution in [2.75, 3.05) is 6.61 Å². The minimum atomic E-state index is -3.94. The Balaban J connectivity index is 2.96. The summed E-state index contributed by atoms with van der Waals surface area (Å²) in [5.41, 5.74) is 0.607. The number of hydrogen-bond donors (Lipinski definition) is 3.